The molecule has 1 aliphatic rings. The molecule has 0 aromatic heterocycles. The van der Waals surface area contributed by atoms with E-state index in [1.165, 1.54) is 0 Å². The van der Waals surface area contributed by atoms with Crippen LogP contribution in [0.2, 0.25) is 0 Å². The van der Waals surface area contributed by atoms with Gasteiger partial charge in [0.1, 0.15) is 0 Å². The molecule has 0 atom stereocenters. The quantitative estimate of drug-likeness (QED) is 0.408. The van der Waals surface area contributed by atoms with Crippen molar-refractivity contribution in [1.29, 1.82) is 0 Å². The summed E-state index contributed by atoms with van der Waals surface area (Å²) in [6.45, 7) is 0. The van der Waals surface area contributed by atoms with Crippen LogP contribution in [0.3, 0.4) is 0 Å². The summed E-state index contributed by atoms with van der Waals surface area (Å²) in [5, 5.41) is 0. The summed E-state index contributed by atoms with van der Waals surface area (Å²) in [6, 6.07) is 0. The van der Waals surface area contributed by atoms with Crippen molar-refractivity contribution in [3.8, 4) is 0 Å². The number of hydrogen-bond donors (Lipinski definition) is 1. The summed E-state index contributed by atoms with van der Waals surface area (Å²) in [6.07, 6.45) is 1.65. The zero-order valence-electron chi connectivity index (χ0n) is 2.47. The number of rotatable bonds is 0. The van der Waals surface area contributed by atoms with Gasteiger partial charge in [-0.1, -0.05) is 0 Å². The molecule has 1 aliphatic heterocycles. The molecule has 1 N–H and O–H groups in total. The molecule has 0 bridgehead atoms. The summed E-state index contributed by atoms with van der Waals surface area (Å²) in [5.41, 5.74) is 0. The SMILES string of the molecule is B1=CO[Se]N1. The van der Waals surface area contributed by atoms with E-state index in [0.29, 0.717) is 0 Å². The van der Waals surface area contributed by atoms with Crippen molar-refractivity contribution in [3.05, 3.63) is 0 Å². The van der Waals surface area contributed by atoms with Crippen molar-refractivity contribution in [2.24, 2.45) is 0 Å². The molecule has 0 aromatic rings. The zero-order chi connectivity index (χ0) is 3.54. The predicted molar refractivity (Wildman–Crippen MR) is 21.8 cm³/mol. The molecule has 0 fully saturated rings. The third-order valence-corrected chi connectivity index (χ3v) is 1.21. The van der Waals surface area contributed by atoms with Crippen molar-refractivity contribution in [3.63, 3.8) is 0 Å². The molecular weight excluding hydrogens is 132 g/mol. The van der Waals surface area contributed by atoms with Crippen molar-refractivity contribution >= 4 is 28.7 Å². The standard InChI is InChI=1S/CH2BNOSe/c1-2-3-5-4-1/h1,3H. The van der Waals surface area contributed by atoms with E-state index < -0.39 is 0 Å². The van der Waals surface area contributed by atoms with Gasteiger partial charge in [0.25, 0.3) is 0 Å². The molecule has 0 aromatic carbocycles. The summed E-state index contributed by atoms with van der Waals surface area (Å²) in [4.78, 5) is 0. The van der Waals surface area contributed by atoms with E-state index in [4.69, 9.17) is 3.82 Å². The van der Waals surface area contributed by atoms with Gasteiger partial charge in [0, 0.05) is 0 Å². The Labute approximate surface area is 37.5 Å². The van der Waals surface area contributed by atoms with Crippen LogP contribution in [-0.2, 0) is 3.82 Å². The van der Waals surface area contributed by atoms with Gasteiger partial charge in [-0.15, -0.1) is 0 Å². The van der Waals surface area contributed by atoms with E-state index in [-0.39, 0.29) is 15.5 Å². The topological polar surface area (TPSA) is 21.3 Å². The Balaban J connectivity index is 2.32. The number of hydrogen-bond acceptors (Lipinski definition) is 2. The van der Waals surface area contributed by atoms with Gasteiger partial charge in [0.05, 0.1) is 0 Å². The van der Waals surface area contributed by atoms with Gasteiger partial charge in [-0.05, 0) is 0 Å². The average Bonchev–Trinajstić information content (AvgIpc) is 1.76. The third kappa shape index (κ3) is 0.670. The van der Waals surface area contributed by atoms with Gasteiger partial charge < -0.3 is 0 Å². The molecule has 1 rings (SSSR count). The first kappa shape index (κ1) is 3.25. The monoisotopic (exact) mass is 135 g/mol. The molecule has 0 spiro atoms. The first-order valence-corrected chi connectivity index (χ1v) is 2.78. The molecule has 0 unspecified atom stereocenters. The van der Waals surface area contributed by atoms with Crippen LogP contribution >= 0.6 is 0 Å². The number of nitrogens with one attached hydrogen (secondary N) is 1. The third-order valence-electron chi connectivity index (χ3n) is 0.288. The Morgan fingerprint density at radius 1 is 2.00 bits per heavy atom. The van der Waals surface area contributed by atoms with Crippen LogP contribution in [0.15, 0.2) is 0 Å². The van der Waals surface area contributed by atoms with Crippen LogP contribution in [0.1, 0.15) is 0 Å². The van der Waals surface area contributed by atoms with E-state index >= 15 is 0 Å². The van der Waals surface area contributed by atoms with Gasteiger partial charge in [0.2, 0.25) is 0 Å². The molecule has 1 heterocycles. The maximum atomic E-state index is 4.72. The van der Waals surface area contributed by atoms with E-state index in [9.17, 15) is 0 Å². The second-order valence-corrected chi connectivity index (χ2v) is 1.85. The van der Waals surface area contributed by atoms with E-state index in [1.807, 2.05) is 0 Å². The molecule has 0 saturated heterocycles. The second-order valence-electron chi connectivity index (χ2n) is 0.600. The summed E-state index contributed by atoms with van der Waals surface area (Å²) in [5.74, 6) is 0. The van der Waals surface area contributed by atoms with Gasteiger partial charge in [-0.25, -0.2) is 0 Å². The fourth-order valence-corrected chi connectivity index (χ4v) is 0.722. The first-order chi connectivity index (χ1) is 2.50. The fraction of sp³-hybridized carbons (Fsp3) is 0. The predicted octanol–water partition coefficient (Wildman–Crippen LogP) is -1.48. The Morgan fingerprint density at radius 3 is 3.20 bits per heavy atom. The van der Waals surface area contributed by atoms with Gasteiger partial charge >= 0.3 is 36.8 Å². The molecule has 0 aliphatic carbocycles. The first-order valence-electron chi connectivity index (χ1n) is 1.23. The normalized spacial score (nSPS) is 16.0. The molecule has 5 heavy (non-hydrogen) atoms. The van der Waals surface area contributed by atoms with Crippen molar-refractivity contribution in [2.75, 3.05) is 0 Å². The van der Waals surface area contributed by atoms with Crippen LogP contribution in [-0.4, -0.2) is 28.7 Å². The second kappa shape index (κ2) is 1.48. The van der Waals surface area contributed by atoms with Crippen LogP contribution in [0, 0.1) is 0 Å². The summed E-state index contributed by atoms with van der Waals surface area (Å²) >= 11 is 0.208. The summed E-state index contributed by atoms with van der Waals surface area (Å²) in [7, 11) is 1.79. The molecule has 26 valence electrons. The minimum atomic E-state index is 0.208. The van der Waals surface area contributed by atoms with E-state index in [1.54, 1.807) is 13.2 Å². The minimum absolute atomic E-state index is 0.208. The van der Waals surface area contributed by atoms with Gasteiger partial charge in [-0.3, -0.25) is 0 Å². The average molecular weight is 134 g/mol. The fourth-order valence-electron chi connectivity index (χ4n) is 0.139. The molecule has 0 amide bonds. The van der Waals surface area contributed by atoms with Crippen LogP contribution in [0.4, 0.5) is 0 Å². The van der Waals surface area contributed by atoms with Crippen molar-refractivity contribution in [2.45, 2.75) is 0 Å². The van der Waals surface area contributed by atoms with E-state index in [2.05, 4.69) is 4.24 Å². The molecule has 2 nitrogen and oxygen atoms in total. The molecule has 0 radical (unpaired) electrons. The van der Waals surface area contributed by atoms with E-state index in [0.717, 1.165) is 0 Å². The molecule has 0 saturated carbocycles. The van der Waals surface area contributed by atoms with Gasteiger partial charge in [-0.2, -0.15) is 0 Å². The Bertz CT molecular complexity index is 49.6. The van der Waals surface area contributed by atoms with Crippen LogP contribution in [0.25, 0.3) is 0 Å². The Hall–Kier alpha value is 0.0544. The molecular formula is CH2BNOSe. The van der Waals surface area contributed by atoms with Crippen molar-refractivity contribution in [1.82, 2.24) is 4.24 Å². The maximum absolute atomic E-state index is 4.72. The molecule has 4 heteroatoms. The van der Waals surface area contributed by atoms with Crippen LogP contribution < -0.4 is 4.24 Å². The van der Waals surface area contributed by atoms with Crippen molar-refractivity contribution < 1.29 is 3.82 Å². The summed E-state index contributed by atoms with van der Waals surface area (Å²) < 4.78 is 7.60. The van der Waals surface area contributed by atoms with Crippen LogP contribution in [0.5, 0.6) is 0 Å². The Morgan fingerprint density at radius 2 is 3.00 bits per heavy atom. The van der Waals surface area contributed by atoms with Gasteiger partial charge in [0.15, 0.2) is 0 Å². The Kier molecular flexibility index (Phi) is 0.963. The zero-order valence-corrected chi connectivity index (χ0v) is 4.18.